The van der Waals surface area contributed by atoms with Gasteiger partial charge in [-0.15, -0.1) is 0 Å². The van der Waals surface area contributed by atoms with Crippen molar-refractivity contribution in [2.24, 2.45) is 4.99 Å². The van der Waals surface area contributed by atoms with Crippen molar-refractivity contribution in [3.05, 3.63) is 12.2 Å². The van der Waals surface area contributed by atoms with Crippen LogP contribution in [0.3, 0.4) is 0 Å². The second-order valence-electron chi connectivity index (χ2n) is 2.64. The van der Waals surface area contributed by atoms with E-state index < -0.39 is 0 Å². The Morgan fingerprint density at radius 1 is 1.25 bits per heavy atom. The van der Waals surface area contributed by atoms with Crippen LogP contribution >= 0.6 is 0 Å². The standard InChI is InChI=1S/C10H19N.Li.H/c1-3-5-7-8-10-11-9-6-4-2;;/h4,6,9H,3,5,7-8,10H2,1-2H3;;/q;+1;-1. The number of hydrogen-bond donors (Lipinski definition) is 0. The molecule has 0 aliphatic heterocycles. The minimum absolute atomic E-state index is 0. The number of allylic oxidation sites excluding steroid dienone is 2. The first-order valence-corrected chi connectivity index (χ1v) is 4.53. The van der Waals surface area contributed by atoms with Crippen molar-refractivity contribution in [3.8, 4) is 0 Å². The van der Waals surface area contributed by atoms with Gasteiger partial charge in [-0.2, -0.15) is 0 Å². The van der Waals surface area contributed by atoms with Crippen molar-refractivity contribution >= 4 is 6.21 Å². The number of unbranched alkanes of at least 4 members (excludes halogenated alkanes) is 3. The van der Waals surface area contributed by atoms with Crippen LogP contribution in [0.2, 0.25) is 0 Å². The van der Waals surface area contributed by atoms with Crippen LogP contribution in [0, 0.1) is 0 Å². The summed E-state index contributed by atoms with van der Waals surface area (Å²) >= 11 is 0. The van der Waals surface area contributed by atoms with Gasteiger partial charge < -0.3 is 1.43 Å². The first-order chi connectivity index (χ1) is 5.41. The van der Waals surface area contributed by atoms with Gasteiger partial charge >= 0.3 is 18.9 Å². The molecule has 66 valence electrons. The molecule has 0 aromatic heterocycles. The molecule has 0 N–H and O–H groups in total. The van der Waals surface area contributed by atoms with Gasteiger partial charge in [-0.3, -0.25) is 4.99 Å². The minimum Gasteiger partial charge on any atom is -1.00 e. The molecule has 0 radical (unpaired) electrons. The van der Waals surface area contributed by atoms with Gasteiger partial charge in [0.15, 0.2) is 0 Å². The Bertz CT molecular complexity index is 124. The SMILES string of the molecule is CC=CC=NCCCCCC.[H-].[Li+]. The van der Waals surface area contributed by atoms with Crippen LogP contribution in [0.1, 0.15) is 41.0 Å². The zero-order valence-electron chi connectivity index (χ0n) is 9.71. The second kappa shape index (κ2) is 13.6. The van der Waals surface area contributed by atoms with Gasteiger partial charge in [0.05, 0.1) is 0 Å². The first kappa shape index (κ1) is 14.5. The molecule has 0 aromatic rings. The maximum absolute atomic E-state index is 4.22. The van der Waals surface area contributed by atoms with Crippen LogP contribution in [0.25, 0.3) is 0 Å². The summed E-state index contributed by atoms with van der Waals surface area (Å²) in [6, 6.07) is 0. The average molecular weight is 161 g/mol. The molecular formula is C10H20LiN. The Balaban J connectivity index is -0.000000500. The molecule has 0 aromatic carbocycles. The Hall–Kier alpha value is 0.00740. The zero-order valence-corrected chi connectivity index (χ0v) is 8.71. The van der Waals surface area contributed by atoms with Crippen molar-refractivity contribution in [2.75, 3.05) is 6.54 Å². The van der Waals surface area contributed by atoms with E-state index in [0.717, 1.165) is 6.54 Å². The van der Waals surface area contributed by atoms with Gasteiger partial charge in [-0.05, 0) is 19.4 Å². The predicted molar refractivity (Wildman–Crippen MR) is 53.4 cm³/mol. The first-order valence-electron chi connectivity index (χ1n) is 4.53. The molecule has 12 heavy (non-hydrogen) atoms. The Labute approximate surface area is 90.0 Å². The van der Waals surface area contributed by atoms with Gasteiger partial charge in [0.1, 0.15) is 0 Å². The number of nitrogens with zero attached hydrogens (tertiary/aromatic N) is 1. The Kier molecular flexibility index (Phi) is 16.4. The quantitative estimate of drug-likeness (QED) is 0.302. The molecule has 0 rings (SSSR count). The summed E-state index contributed by atoms with van der Waals surface area (Å²) in [7, 11) is 0. The summed E-state index contributed by atoms with van der Waals surface area (Å²) in [5.74, 6) is 0. The molecule has 0 heterocycles. The summed E-state index contributed by atoms with van der Waals surface area (Å²) < 4.78 is 0. The Morgan fingerprint density at radius 2 is 2.00 bits per heavy atom. The van der Waals surface area contributed by atoms with Crippen molar-refractivity contribution in [1.29, 1.82) is 0 Å². The smallest absolute Gasteiger partial charge is 1.00 e. The topological polar surface area (TPSA) is 12.4 Å². The molecule has 0 aliphatic carbocycles. The van der Waals surface area contributed by atoms with Crippen LogP contribution in [0.15, 0.2) is 17.1 Å². The molecule has 0 spiro atoms. The minimum atomic E-state index is 0. The molecule has 0 bridgehead atoms. The molecule has 0 fully saturated rings. The molecular weight excluding hydrogens is 141 g/mol. The van der Waals surface area contributed by atoms with E-state index in [4.69, 9.17) is 0 Å². The third kappa shape index (κ3) is 12.7. The summed E-state index contributed by atoms with van der Waals surface area (Å²) in [6.45, 7) is 5.22. The van der Waals surface area contributed by atoms with Crippen molar-refractivity contribution in [1.82, 2.24) is 0 Å². The fourth-order valence-electron chi connectivity index (χ4n) is 0.851. The maximum atomic E-state index is 4.22. The predicted octanol–water partition coefficient (Wildman–Crippen LogP) is 0.330. The van der Waals surface area contributed by atoms with Crippen LogP contribution < -0.4 is 18.9 Å². The van der Waals surface area contributed by atoms with Crippen LogP contribution in [-0.4, -0.2) is 12.8 Å². The van der Waals surface area contributed by atoms with Crippen molar-refractivity contribution in [3.63, 3.8) is 0 Å². The average Bonchev–Trinajstić information content (AvgIpc) is 2.03. The van der Waals surface area contributed by atoms with E-state index in [9.17, 15) is 0 Å². The molecule has 0 unspecified atom stereocenters. The summed E-state index contributed by atoms with van der Waals surface area (Å²) in [5.41, 5.74) is 0. The van der Waals surface area contributed by atoms with Gasteiger partial charge in [-0.1, -0.05) is 32.3 Å². The van der Waals surface area contributed by atoms with Gasteiger partial charge in [0.2, 0.25) is 0 Å². The third-order valence-electron chi connectivity index (χ3n) is 1.52. The monoisotopic (exact) mass is 161 g/mol. The summed E-state index contributed by atoms with van der Waals surface area (Å²) in [5, 5.41) is 0. The number of hydrogen-bond acceptors (Lipinski definition) is 1. The molecule has 0 saturated carbocycles. The molecule has 0 saturated heterocycles. The van der Waals surface area contributed by atoms with Crippen molar-refractivity contribution in [2.45, 2.75) is 39.5 Å². The van der Waals surface area contributed by atoms with Gasteiger partial charge in [-0.25, -0.2) is 0 Å². The van der Waals surface area contributed by atoms with E-state index in [1.165, 1.54) is 25.7 Å². The molecule has 0 aliphatic rings. The third-order valence-corrected chi connectivity index (χ3v) is 1.52. The van der Waals surface area contributed by atoms with E-state index in [-0.39, 0.29) is 20.3 Å². The largest absolute Gasteiger partial charge is 1.00 e. The fraction of sp³-hybridized carbons (Fsp3) is 0.700. The van der Waals surface area contributed by atoms with E-state index >= 15 is 0 Å². The second-order valence-corrected chi connectivity index (χ2v) is 2.64. The zero-order chi connectivity index (χ0) is 8.36. The maximum Gasteiger partial charge on any atom is 1.00 e. The van der Waals surface area contributed by atoms with Crippen molar-refractivity contribution < 1.29 is 20.3 Å². The van der Waals surface area contributed by atoms with E-state index in [0.29, 0.717) is 0 Å². The number of aliphatic imine (C=N–C) groups is 1. The summed E-state index contributed by atoms with van der Waals surface area (Å²) in [4.78, 5) is 4.22. The number of rotatable bonds is 6. The molecule has 0 atom stereocenters. The summed E-state index contributed by atoms with van der Waals surface area (Å²) in [6.07, 6.45) is 11.1. The van der Waals surface area contributed by atoms with E-state index in [1.807, 2.05) is 25.3 Å². The molecule has 1 nitrogen and oxygen atoms in total. The van der Waals surface area contributed by atoms with Gasteiger partial charge in [0.25, 0.3) is 0 Å². The Morgan fingerprint density at radius 3 is 2.58 bits per heavy atom. The van der Waals surface area contributed by atoms with E-state index in [2.05, 4.69) is 11.9 Å². The van der Waals surface area contributed by atoms with Crippen LogP contribution in [0.5, 0.6) is 0 Å². The van der Waals surface area contributed by atoms with Crippen LogP contribution in [-0.2, 0) is 0 Å². The van der Waals surface area contributed by atoms with E-state index in [1.54, 1.807) is 0 Å². The van der Waals surface area contributed by atoms with Gasteiger partial charge in [0, 0.05) is 12.8 Å². The molecule has 0 amide bonds. The molecule has 2 heteroatoms. The fourth-order valence-corrected chi connectivity index (χ4v) is 0.851. The van der Waals surface area contributed by atoms with Crippen LogP contribution in [0.4, 0.5) is 0 Å². The normalized spacial score (nSPS) is 10.8.